The Hall–Kier alpha value is -1.88. The number of rotatable bonds is 7. The van der Waals surface area contributed by atoms with E-state index >= 15 is 0 Å². The van der Waals surface area contributed by atoms with E-state index in [0.717, 1.165) is 0 Å². The van der Waals surface area contributed by atoms with E-state index in [2.05, 4.69) is 10.6 Å². The van der Waals surface area contributed by atoms with E-state index in [0.29, 0.717) is 37.1 Å². The van der Waals surface area contributed by atoms with Gasteiger partial charge in [-0.05, 0) is 31.0 Å². The molecule has 0 aromatic heterocycles. The van der Waals surface area contributed by atoms with Crippen LogP contribution in [0.25, 0.3) is 0 Å². The normalized spacial score (nSPS) is 10.0. The molecule has 0 unspecified atom stereocenters. The third kappa shape index (κ3) is 6.01. The van der Waals surface area contributed by atoms with Crippen molar-refractivity contribution in [3.05, 3.63) is 24.3 Å². The topological polar surface area (TPSA) is 78.4 Å². The number of aliphatic hydroxyl groups is 1. The molecule has 0 fully saturated rings. The van der Waals surface area contributed by atoms with Gasteiger partial charge in [-0.15, -0.1) is 0 Å². The lowest BCUT2D eigenvalue weighted by Gasteiger charge is -2.08. The molecule has 0 heterocycles. The summed E-state index contributed by atoms with van der Waals surface area (Å²) in [6.45, 7) is 1.88. The molecular weight excluding hydrogens is 244 g/mol. The third-order valence-electron chi connectivity index (χ3n) is 2.56. The Kier molecular flexibility index (Phi) is 6.60. The number of carbonyl (C=O) groups is 2. The highest BCUT2D eigenvalue weighted by Gasteiger charge is 2.04. The van der Waals surface area contributed by atoms with Crippen molar-refractivity contribution in [2.45, 2.75) is 32.6 Å². The van der Waals surface area contributed by atoms with E-state index in [4.69, 9.17) is 5.11 Å². The first kappa shape index (κ1) is 15.2. The van der Waals surface area contributed by atoms with Crippen LogP contribution >= 0.6 is 0 Å². The van der Waals surface area contributed by atoms with Crippen LogP contribution in [-0.4, -0.2) is 23.5 Å². The minimum Gasteiger partial charge on any atom is -0.396 e. The third-order valence-corrected chi connectivity index (χ3v) is 2.56. The summed E-state index contributed by atoms with van der Waals surface area (Å²) in [4.78, 5) is 22.9. The van der Waals surface area contributed by atoms with Crippen molar-refractivity contribution in [3.63, 3.8) is 0 Å². The summed E-state index contributed by atoms with van der Waals surface area (Å²) in [5.41, 5.74) is 1.32. The van der Waals surface area contributed by atoms with E-state index < -0.39 is 0 Å². The van der Waals surface area contributed by atoms with Crippen LogP contribution in [0.15, 0.2) is 24.3 Å². The molecule has 0 aliphatic carbocycles. The van der Waals surface area contributed by atoms with Crippen molar-refractivity contribution < 1.29 is 14.7 Å². The molecule has 5 nitrogen and oxygen atoms in total. The number of unbranched alkanes of at least 4 members (excludes halogenated alkanes) is 1. The summed E-state index contributed by atoms with van der Waals surface area (Å²) < 4.78 is 0. The largest absolute Gasteiger partial charge is 0.396 e. The number of nitrogens with one attached hydrogen (secondary N) is 2. The van der Waals surface area contributed by atoms with E-state index in [1.54, 1.807) is 31.2 Å². The van der Waals surface area contributed by atoms with Gasteiger partial charge in [0.2, 0.25) is 11.8 Å². The summed E-state index contributed by atoms with van der Waals surface area (Å²) >= 11 is 0. The Labute approximate surface area is 113 Å². The second kappa shape index (κ2) is 8.26. The lowest BCUT2D eigenvalue weighted by atomic mass is 10.2. The van der Waals surface area contributed by atoms with Crippen LogP contribution in [0, 0.1) is 0 Å². The van der Waals surface area contributed by atoms with Crippen molar-refractivity contribution in [2.24, 2.45) is 0 Å². The van der Waals surface area contributed by atoms with Gasteiger partial charge in [0.15, 0.2) is 0 Å². The second-order valence-corrected chi connectivity index (χ2v) is 4.21. The summed E-state index contributed by atoms with van der Waals surface area (Å²) in [6.07, 6.45) is 2.08. The van der Waals surface area contributed by atoms with Crippen LogP contribution in [0.5, 0.6) is 0 Å². The van der Waals surface area contributed by atoms with Crippen molar-refractivity contribution in [1.29, 1.82) is 0 Å². The molecule has 0 radical (unpaired) electrons. The first-order chi connectivity index (χ1) is 9.15. The monoisotopic (exact) mass is 264 g/mol. The molecule has 0 aliphatic rings. The van der Waals surface area contributed by atoms with Crippen molar-refractivity contribution in [2.75, 3.05) is 17.2 Å². The van der Waals surface area contributed by atoms with Gasteiger partial charge in [-0.1, -0.05) is 13.0 Å². The molecule has 0 aliphatic heterocycles. The predicted octanol–water partition coefficient (Wildman–Crippen LogP) is 2.14. The zero-order chi connectivity index (χ0) is 14.1. The fraction of sp³-hybridized carbons (Fsp3) is 0.429. The van der Waals surface area contributed by atoms with E-state index in [-0.39, 0.29) is 18.4 Å². The van der Waals surface area contributed by atoms with Crippen LogP contribution in [0.3, 0.4) is 0 Å². The number of anilines is 2. The first-order valence-corrected chi connectivity index (χ1v) is 6.46. The number of hydrogen-bond donors (Lipinski definition) is 3. The highest BCUT2D eigenvalue weighted by atomic mass is 16.3. The molecule has 0 spiro atoms. The lowest BCUT2D eigenvalue weighted by molar-refractivity contribution is -0.116. The maximum absolute atomic E-state index is 11.6. The molecule has 0 bridgehead atoms. The number of aliphatic hydroxyl groups excluding tert-OH is 1. The van der Waals surface area contributed by atoms with Gasteiger partial charge in [0.25, 0.3) is 0 Å². The van der Waals surface area contributed by atoms with Crippen LogP contribution in [0.4, 0.5) is 11.4 Å². The van der Waals surface area contributed by atoms with E-state index in [9.17, 15) is 9.59 Å². The fourth-order valence-corrected chi connectivity index (χ4v) is 1.54. The van der Waals surface area contributed by atoms with Gasteiger partial charge >= 0.3 is 0 Å². The van der Waals surface area contributed by atoms with Gasteiger partial charge in [0, 0.05) is 30.8 Å². The number of benzene rings is 1. The van der Waals surface area contributed by atoms with E-state index in [1.165, 1.54) is 0 Å². The number of hydrogen-bond acceptors (Lipinski definition) is 3. The molecule has 0 atom stereocenters. The van der Waals surface area contributed by atoms with E-state index in [1.807, 2.05) is 0 Å². The molecule has 0 saturated carbocycles. The minimum absolute atomic E-state index is 0.0635. The molecule has 3 N–H and O–H groups in total. The Morgan fingerprint density at radius 1 is 1.11 bits per heavy atom. The average Bonchev–Trinajstić information content (AvgIpc) is 2.39. The zero-order valence-electron chi connectivity index (χ0n) is 11.1. The molecule has 1 aromatic rings. The zero-order valence-corrected chi connectivity index (χ0v) is 11.1. The van der Waals surface area contributed by atoms with Crippen molar-refractivity contribution in [1.82, 2.24) is 0 Å². The molecule has 104 valence electrons. The van der Waals surface area contributed by atoms with Crippen LogP contribution in [0.1, 0.15) is 32.6 Å². The Morgan fingerprint density at radius 3 is 2.32 bits per heavy atom. The number of carbonyl (C=O) groups excluding carboxylic acids is 2. The average molecular weight is 264 g/mol. The summed E-state index contributed by atoms with van der Waals surface area (Å²) in [5.74, 6) is -0.154. The van der Waals surface area contributed by atoms with Gasteiger partial charge in [-0.25, -0.2) is 0 Å². The lowest BCUT2D eigenvalue weighted by Crippen LogP contribution is -2.12. The molecule has 1 aromatic carbocycles. The summed E-state index contributed by atoms with van der Waals surface area (Å²) in [5, 5.41) is 14.1. The highest BCUT2D eigenvalue weighted by molar-refractivity contribution is 5.93. The van der Waals surface area contributed by atoms with Gasteiger partial charge in [0.1, 0.15) is 0 Å². The minimum atomic E-state index is -0.0904. The van der Waals surface area contributed by atoms with Gasteiger partial charge in [-0.3, -0.25) is 9.59 Å². The fourth-order valence-electron chi connectivity index (χ4n) is 1.54. The maximum Gasteiger partial charge on any atom is 0.224 e. The van der Waals surface area contributed by atoms with Crippen LogP contribution in [0.2, 0.25) is 0 Å². The Balaban J connectivity index is 2.52. The van der Waals surface area contributed by atoms with Crippen molar-refractivity contribution >= 4 is 23.2 Å². The molecule has 1 rings (SSSR count). The molecule has 2 amide bonds. The first-order valence-electron chi connectivity index (χ1n) is 6.46. The number of amides is 2. The Morgan fingerprint density at radius 2 is 1.74 bits per heavy atom. The van der Waals surface area contributed by atoms with Crippen molar-refractivity contribution in [3.8, 4) is 0 Å². The van der Waals surface area contributed by atoms with Gasteiger partial charge in [0.05, 0.1) is 0 Å². The van der Waals surface area contributed by atoms with Gasteiger partial charge < -0.3 is 15.7 Å². The SMILES string of the molecule is CCC(=O)Nc1cccc(NC(=O)CCCCO)c1. The molecule has 5 heteroatoms. The quantitative estimate of drug-likeness (QED) is 0.660. The standard InChI is InChI=1S/C14H20N2O3/c1-2-13(18)15-11-6-5-7-12(10-11)16-14(19)8-3-4-9-17/h5-7,10,17H,2-4,8-9H2,1H3,(H,15,18)(H,16,19). The summed E-state index contributed by atoms with van der Waals surface area (Å²) in [6, 6.07) is 7.03. The molecule has 19 heavy (non-hydrogen) atoms. The highest BCUT2D eigenvalue weighted by Crippen LogP contribution is 2.15. The van der Waals surface area contributed by atoms with Crippen LogP contribution in [-0.2, 0) is 9.59 Å². The second-order valence-electron chi connectivity index (χ2n) is 4.21. The predicted molar refractivity (Wildman–Crippen MR) is 74.9 cm³/mol. The van der Waals surface area contributed by atoms with Crippen LogP contribution < -0.4 is 10.6 Å². The van der Waals surface area contributed by atoms with Gasteiger partial charge in [-0.2, -0.15) is 0 Å². The molecular formula is C14H20N2O3. The molecule has 0 saturated heterocycles. The summed E-state index contributed by atoms with van der Waals surface area (Å²) in [7, 11) is 0. The maximum atomic E-state index is 11.6. The Bertz CT molecular complexity index is 432. The smallest absolute Gasteiger partial charge is 0.224 e.